The first-order valence-corrected chi connectivity index (χ1v) is 8.61. The van der Waals surface area contributed by atoms with Crippen molar-refractivity contribution < 1.29 is 37.7 Å². The highest BCUT2D eigenvalue weighted by Gasteiger charge is 2.38. The third-order valence-electron chi connectivity index (χ3n) is 4.62. The molecule has 3 rings (SSSR count). The number of rotatable bonds is 3. The Hall–Kier alpha value is -2.13. The predicted octanol–water partition coefficient (Wildman–Crippen LogP) is 2.69. The van der Waals surface area contributed by atoms with E-state index in [0.29, 0.717) is 13.2 Å². The number of aliphatic carboxylic acids is 2. The third kappa shape index (κ3) is 6.21. The lowest BCUT2D eigenvalue weighted by Crippen LogP contribution is -2.38. The monoisotopic (exact) mass is 389 g/mol. The molecule has 2 N–H and O–H groups in total. The Balaban J connectivity index is 0.000000321. The minimum atomic E-state index is -5.08. The normalized spacial score (nSPS) is 20.2. The van der Waals surface area contributed by atoms with Crippen LogP contribution in [0.1, 0.15) is 29.5 Å². The van der Waals surface area contributed by atoms with Gasteiger partial charge in [-0.3, -0.25) is 9.69 Å². The molecule has 2 aliphatic rings. The molecule has 0 unspecified atom stereocenters. The quantitative estimate of drug-likeness (QED) is 0.827. The average Bonchev–Trinajstić information content (AvgIpc) is 2.62. The summed E-state index contributed by atoms with van der Waals surface area (Å²) in [6.07, 6.45) is -2.32. The molecule has 27 heavy (non-hydrogen) atoms. The number of likely N-dealkylation sites (tertiary alicyclic amines) is 1. The summed E-state index contributed by atoms with van der Waals surface area (Å²) >= 11 is 0. The zero-order valence-electron chi connectivity index (χ0n) is 14.7. The Kier molecular flexibility index (Phi) is 7.20. The molecule has 0 saturated carbocycles. The van der Waals surface area contributed by atoms with Crippen LogP contribution < -0.4 is 0 Å². The summed E-state index contributed by atoms with van der Waals surface area (Å²) in [7, 11) is 0. The van der Waals surface area contributed by atoms with Crippen molar-refractivity contribution in [1.29, 1.82) is 0 Å². The van der Waals surface area contributed by atoms with Crippen LogP contribution in [-0.2, 0) is 33.9 Å². The summed E-state index contributed by atoms with van der Waals surface area (Å²) in [5, 5.41) is 16.3. The number of hydrogen-bond acceptors (Lipinski definition) is 4. The number of carbonyl (C=O) groups is 2. The van der Waals surface area contributed by atoms with Crippen molar-refractivity contribution in [3.05, 3.63) is 34.9 Å². The van der Waals surface area contributed by atoms with Gasteiger partial charge >= 0.3 is 18.1 Å². The van der Waals surface area contributed by atoms with E-state index in [0.717, 1.165) is 39.0 Å². The summed E-state index contributed by atoms with van der Waals surface area (Å²) in [5.41, 5.74) is 4.05. The first-order valence-electron chi connectivity index (χ1n) is 8.61. The Labute approximate surface area is 154 Å². The van der Waals surface area contributed by atoms with Crippen LogP contribution in [0.25, 0.3) is 0 Å². The summed E-state index contributed by atoms with van der Waals surface area (Å²) < 4.78 is 37.2. The van der Waals surface area contributed by atoms with E-state index >= 15 is 0 Å². The number of alkyl halides is 3. The van der Waals surface area contributed by atoms with Crippen molar-refractivity contribution in [3.8, 4) is 0 Å². The molecule has 1 aromatic carbocycles. The van der Waals surface area contributed by atoms with Crippen molar-refractivity contribution in [2.75, 3.05) is 19.7 Å². The molecule has 1 atom stereocenters. The Bertz CT molecular complexity index is 677. The minimum absolute atomic E-state index is 0.202. The van der Waals surface area contributed by atoms with Gasteiger partial charge in [0.15, 0.2) is 0 Å². The third-order valence-corrected chi connectivity index (χ3v) is 4.62. The van der Waals surface area contributed by atoms with Crippen LogP contribution in [0.5, 0.6) is 0 Å². The van der Waals surface area contributed by atoms with Crippen LogP contribution in [0.4, 0.5) is 13.2 Å². The molecule has 6 nitrogen and oxygen atoms in total. The largest absolute Gasteiger partial charge is 0.490 e. The van der Waals surface area contributed by atoms with E-state index in [4.69, 9.17) is 14.6 Å². The van der Waals surface area contributed by atoms with Gasteiger partial charge in [-0.25, -0.2) is 4.79 Å². The van der Waals surface area contributed by atoms with Crippen LogP contribution in [0.2, 0.25) is 0 Å². The second kappa shape index (κ2) is 9.18. The van der Waals surface area contributed by atoms with Crippen molar-refractivity contribution in [3.63, 3.8) is 0 Å². The first kappa shape index (κ1) is 21.2. The van der Waals surface area contributed by atoms with Crippen LogP contribution in [0.3, 0.4) is 0 Å². The predicted molar refractivity (Wildman–Crippen MR) is 89.1 cm³/mol. The lowest BCUT2D eigenvalue weighted by atomic mass is 9.94. The molecule has 0 spiro atoms. The van der Waals surface area contributed by atoms with Gasteiger partial charge in [0.2, 0.25) is 0 Å². The molecule has 2 heterocycles. The van der Waals surface area contributed by atoms with Gasteiger partial charge < -0.3 is 14.9 Å². The second-order valence-electron chi connectivity index (χ2n) is 6.57. The summed E-state index contributed by atoms with van der Waals surface area (Å²) in [5.74, 6) is -3.61. The number of fused-ring (bicyclic) bond motifs is 1. The van der Waals surface area contributed by atoms with Crippen molar-refractivity contribution in [2.45, 2.75) is 38.6 Å². The molecule has 0 amide bonds. The number of ether oxygens (including phenoxy) is 1. The Morgan fingerprint density at radius 3 is 2.59 bits per heavy atom. The molecule has 9 heteroatoms. The maximum atomic E-state index is 11.1. The second-order valence-corrected chi connectivity index (χ2v) is 6.57. The molecular formula is C18H22F3NO5. The fraction of sp³-hybridized carbons (Fsp3) is 0.556. The number of benzene rings is 1. The molecule has 0 aliphatic carbocycles. The number of nitrogens with zero attached hydrogens (tertiary/aromatic N) is 1. The Morgan fingerprint density at radius 1 is 1.26 bits per heavy atom. The molecule has 0 bridgehead atoms. The molecule has 1 fully saturated rings. The van der Waals surface area contributed by atoms with Gasteiger partial charge in [0, 0.05) is 13.1 Å². The molecule has 2 aliphatic heterocycles. The molecular weight excluding hydrogens is 367 g/mol. The van der Waals surface area contributed by atoms with E-state index < -0.39 is 18.1 Å². The summed E-state index contributed by atoms with van der Waals surface area (Å²) in [6.45, 7) is 4.05. The van der Waals surface area contributed by atoms with Crippen molar-refractivity contribution in [2.24, 2.45) is 5.92 Å². The minimum Gasteiger partial charge on any atom is -0.481 e. The maximum Gasteiger partial charge on any atom is 0.490 e. The van der Waals surface area contributed by atoms with Gasteiger partial charge in [-0.15, -0.1) is 0 Å². The lowest BCUT2D eigenvalue weighted by molar-refractivity contribution is -0.192. The van der Waals surface area contributed by atoms with Crippen LogP contribution in [0, 0.1) is 5.92 Å². The van der Waals surface area contributed by atoms with E-state index in [1.54, 1.807) is 0 Å². The SMILES string of the molecule is O=C(O)C(F)(F)F.O=C(O)[C@H]1CCCN(Cc2cccc3c2CCOC3)C1. The fourth-order valence-electron chi connectivity index (χ4n) is 3.29. The van der Waals surface area contributed by atoms with Gasteiger partial charge in [0.25, 0.3) is 0 Å². The van der Waals surface area contributed by atoms with Gasteiger partial charge in [0.05, 0.1) is 19.1 Å². The number of halogens is 3. The highest BCUT2D eigenvalue weighted by Crippen LogP contribution is 2.24. The first-order chi connectivity index (χ1) is 12.7. The number of carboxylic acid groups (broad SMARTS) is 2. The number of hydrogen-bond donors (Lipinski definition) is 2. The van der Waals surface area contributed by atoms with E-state index in [-0.39, 0.29) is 5.92 Å². The Morgan fingerprint density at radius 2 is 1.96 bits per heavy atom. The number of carboxylic acids is 2. The molecule has 0 aromatic heterocycles. The van der Waals surface area contributed by atoms with Gasteiger partial charge in [-0.2, -0.15) is 13.2 Å². The van der Waals surface area contributed by atoms with Crippen molar-refractivity contribution >= 4 is 11.9 Å². The zero-order chi connectivity index (χ0) is 20.0. The summed E-state index contributed by atoms with van der Waals surface area (Å²) in [6, 6.07) is 6.39. The van der Waals surface area contributed by atoms with Gasteiger partial charge in [-0.05, 0) is 42.5 Å². The highest BCUT2D eigenvalue weighted by atomic mass is 19.4. The standard InChI is InChI=1S/C16H21NO3.C2HF3O2/c18-16(19)13-5-2-7-17(10-13)9-12-3-1-4-14-11-20-8-6-15(12)14;3-2(4,5)1(6)7/h1,3-4,13H,2,5-11H2,(H,18,19);(H,6,7)/t13-;/m0./s1. The average molecular weight is 389 g/mol. The molecule has 1 aromatic rings. The topological polar surface area (TPSA) is 87.1 Å². The van der Waals surface area contributed by atoms with Crippen molar-refractivity contribution in [1.82, 2.24) is 4.90 Å². The van der Waals surface area contributed by atoms with E-state index in [1.807, 2.05) is 0 Å². The molecule has 1 saturated heterocycles. The molecule has 0 radical (unpaired) electrons. The van der Waals surface area contributed by atoms with Gasteiger partial charge in [-0.1, -0.05) is 18.2 Å². The van der Waals surface area contributed by atoms with E-state index in [2.05, 4.69) is 23.1 Å². The van der Waals surface area contributed by atoms with E-state index in [1.165, 1.54) is 16.7 Å². The lowest BCUT2D eigenvalue weighted by Gasteiger charge is -2.32. The smallest absolute Gasteiger partial charge is 0.481 e. The van der Waals surface area contributed by atoms with Gasteiger partial charge in [0.1, 0.15) is 0 Å². The molecule has 150 valence electrons. The van der Waals surface area contributed by atoms with Crippen LogP contribution >= 0.6 is 0 Å². The van der Waals surface area contributed by atoms with Crippen LogP contribution in [0.15, 0.2) is 18.2 Å². The number of piperidine rings is 1. The zero-order valence-corrected chi connectivity index (χ0v) is 14.7. The fourth-order valence-corrected chi connectivity index (χ4v) is 3.29. The highest BCUT2D eigenvalue weighted by molar-refractivity contribution is 5.73. The maximum absolute atomic E-state index is 11.1. The van der Waals surface area contributed by atoms with Crippen LogP contribution in [-0.4, -0.2) is 52.9 Å². The summed E-state index contributed by atoms with van der Waals surface area (Å²) in [4.78, 5) is 22.3. The van der Waals surface area contributed by atoms with E-state index in [9.17, 15) is 23.1 Å².